The van der Waals surface area contributed by atoms with Crippen LogP contribution in [-0.4, -0.2) is 17.9 Å². The molecule has 20 heavy (non-hydrogen) atoms. The third-order valence-corrected chi connectivity index (χ3v) is 5.31. The standard InChI is InChI=1S/C16H15BrN2O/c1-19-13-9-18-12-5-4-10(17)8-11(12)14(13)16(15(19)20)6-2-3-7-16/h4-5,8-9H,2-3,6-7H2,1H3. The van der Waals surface area contributed by atoms with Gasteiger partial charge in [-0.3, -0.25) is 9.78 Å². The minimum Gasteiger partial charge on any atom is -0.313 e. The molecule has 1 spiro atoms. The molecule has 4 heteroatoms. The van der Waals surface area contributed by atoms with Gasteiger partial charge in [0.05, 0.1) is 22.8 Å². The normalized spacial score (nSPS) is 20.1. The second kappa shape index (κ2) is 4.04. The van der Waals surface area contributed by atoms with Gasteiger partial charge in [0.1, 0.15) is 0 Å². The lowest BCUT2D eigenvalue weighted by Gasteiger charge is -2.22. The van der Waals surface area contributed by atoms with Crippen LogP contribution in [-0.2, 0) is 10.2 Å². The molecular formula is C16H15BrN2O. The van der Waals surface area contributed by atoms with Gasteiger partial charge in [-0.15, -0.1) is 0 Å². The van der Waals surface area contributed by atoms with Gasteiger partial charge in [0.15, 0.2) is 0 Å². The first-order chi connectivity index (χ1) is 9.63. The van der Waals surface area contributed by atoms with Gasteiger partial charge in [0, 0.05) is 22.5 Å². The third-order valence-electron chi connectivity index (χ3n) is 4.82. The highest BCUT2D eigenvalue weighted by atomic mass is 79.9. The van der Waals surface area contributed by atoms with E-state index in [9.17, 15) is 4.79 Å². The highest BCUT2D eigenvalue weighted by Crippen LogP contribution is 2.53. The molecule has 1 aromatic heterocycles. The highest BCUT2D eigenvalue weighted by Gasteiger charge is 2.52. The van der Waals surface area contributed by atoms with Crippen molar-refractivity contribution in [1.82, 2.24) is 4.98 Å². The fourth-order valence-corrected chi connectivity index (χ4v) is 4.25. The molecule has 102 valence electrons. The summed E-state index contributed by atoms with van der Waals surface area (Å²) in [6, 6.07) is 6.13. The van der Waals surface area contributed by atoms with Gasteiger partial charge < -0.3 is 4.90 Å². The number of carbonyl (C=O) groups excluding carboxylic acids is 1. The van der Waals surface area contributed by atoms with E-state index in [2.05, 4.69) is 27.0 Å². The van der Waals surface area contributed by atoms with Crippen LogP contribution in [0.2, 0.25) is 0 Å². The lowest BCUT2D eigenvalue weighted by atomic mass is 9.78. The number of likely N-dealkylation sites (N-methyl/N-ethyl adjacent to an activating group) is 1. The molecule has 1 aliphatic carbocycles. The van der Waals surface area contributed by atoms with Crippen LogP contribution in [0.3, 0.4) is 0 Å². The van der Waals surface area contributed by atoms with Crippen molar-refractivity contribution in [3.8, 4) is 0 Å². The molecule has 1 fully saturated rings. The first-order valence-corrected chi connectivity index (χ1v) is 7.80. The van der Waals surface area contributed by atoms with Gasteiger partial charge in [-0.25, -0.2) is 0 Å². The second-order valence-corrected chi connectivity index (χ2v) is 6.75. The number of benzene rings is 1. The predicted octanol–water partition coefficient (Wildman–Crippen LogP) is 3.79. The summed E-state index contributed by atoms with van der Waals surface area (Å²) >= 11 is 3.54. The van der Waals surface area contributed by atoms with E-state index in [0.29, 0.717) is 0 Å². The molecule has 1 saturated carbocycles. The van der Waals surface area contributed by atoms with Crippen LogP contribution in [0.4, 0.5) is 5.69 Å². The summed E-state index contributed by atoms with van der Waals surface area (Å²) in [5.41, 5.74) is 2.86. The average molecular weight is 331 g/mol. The Kier molecular flexibility index (Phi) is 2.49. The quantitative estimate of drug-likeness (QED) is 0.736. The van der Waals surface area contributed by atoms with Gasteiger partial charge in [0.25, 0.3) is 0 Å². The van der Waals surface area contributed by atoms with E-state index in [1.54, 1.807) is 4.90 Å². The topological polar surface area (TPSA) is 33.2 Å². The summed E-state index contributed by atoms with van der Waals surface area (Å²) in [5, 5.41) is 1.12. The van der Waals surface area contributed by atoms with Crippen molar-refractivity contribution in [3.05, 3.63) is 34.4 Å². The average Bonchev–Trinajstić information content (AvgIpc) is 3.01. The monoisotopic (exact) mass is 330 g/mol. The molecule has 1 amide bonds. The van der Waals surface area contributed by atoms with Crippen molar-refractivity contribution >= 4 is 38.4 Å². The van der Waals surface area contributed by atoms with Gasteiger partial charge in [0.2, 0.25) is 5.91 Å². The molecule has 0 N–H and O–H groups in total. The van der Waals surface area contributed by atoms with E-state index in [-0.39, 0.29) is 11.3 Å². The number of nitrogens with zero attached hydrogens (tertiary/aromatic N) is 2. The Morgan fingerprint density at radius 2 is 2.05 bits per heavy atom. The van der Waals surface area contributed by atoms with E-state index >= 15 is 0 Å². The number of hydrogen-bond acceptors (Lipinski definition) is 2. The number of rotatable bonds is 0. The van der Waals surface area contributed by atoms with E-state index in [4.69, 9.17) is 0 Å². The molecular weight excluding hydrogens is 316 g/mol. The van der Waals surface area contributed by atoms with Crippen LogP contribution in [0, 0.1) is 0 Å². The molecule has 1 aliphatic heterocycles. The van der Waals surface area contributed by atoms with Crippen molar-refractivity contribution in [1.29, 1.82) is 0 Å². The zero-order chi connectivity index (χ0) is 13.9. The smallest absolute Gasteiger partial charge is 0.237 e. The minimum absolute atomic E-state index is 0.249. The number of pyridine rings is 1. The van der Waals surface area contributed by atoms with Crippen LogP contribution in [0.15, 0.2) is 28.9 Å². The Balaban J connectivity index is 2.12. The van der Waals surface area contributed by atoms with Crippen LogP contribution in [0.1, 0.15) is 31.2 Å². The first kappa shape index (κ1) is 12.3. The summed E-state index contributed by atoms with van der Waals surface area (Å²) in [7, 11) is 1.87. The first-order valence-electron chi connectivity index (χ1n) is 7.00. The number of carbonyl (C=O) groups is 1. The van der Waals surface area contributed by atoms with Crippen molar-refractivity contribution in [2.45, 2.75) is 31.1 Å². The number of hydrogen-bond donors (Lipinski definition) is 0. The lowest BCUT2D eigenvalue weighted by molar-refractivity contribution is -0.122. The molecule has 1 aromatic carbocycles. The maximum absolute atomic E-state index is 12.8. The molecule has 0 bridgehead atoms. The Hall–Kier alpha value is -1.42. The van der Waals surface area contributed by atoms with Gasteiger partial charge in [-0.05, 0) is 31.0 Å². The number of halogens is 1. The number of anilines is 1. The molecule has 4 rings (SSSR count). The molecule has 0 radical (unpaired) electrons. The molecule has 0 atom stereocenters. The number of fused-ring (bicyclic) bond motifs is 4. The predicted molar refractivity (Wildman–Crippen MR) is 83.0 cm³/mol. The summed E-state index contributed by atoms with van der Waals surface area (Å²) < 4.78 is 1.04. The zero-order valence-corrected chi connectivity index (χ0v) is 12.9. The van der Waals surface area contributed by atoms with E-state index in [1.807, 2.05) is 25.4 Å². The Labute approximate surface area is 126 Å². The van der Waals surface area contributed by atoms with Crippen molar-refractivity contribution < 1.29 is 4.79 Å². The summed E-state index contributed by atoms with van der Waals surface area (Å²) in [4.78, 5) is 19.1. The Bertz CT molecular complexity index is 735. The van der Waals surface area contributed by atoms with Gasteiger partial charge in [-0.2, -0.15) is 0 Å². The maximum Gasteiger partial charge on any atom is 0.237 e. The fraction of sp³-hybridized carbons (Fsp3) is 0.375. The van der Waals surface area contributed by atoms with Crippen molar-refractivity contribution in [2.75, 3.05) is 11.9 Å². The Morgan fingerprint density at radius 1 is 1.30 bits per heavy atom. The van der Waals surface area contributed by atoms with E-state index in [0.717, 1.165) is 46.7 Å². The second-order valence-electron chi connectivity index (χ2n) is 5.83. The van der Waals surface area contributed by atoms with E-state index < -0.39 is 0 Å². The minimum atomic E-state index is -0.300. The summed E-state index contributed by atoms with van der Waals surface area (Å²) in [5.74, 6) is 0.249. The molecule has 3 nitrogen and oxygen atoms in total. The van der Waals surface area contributed by atoms with Crippen LogP contribution >= 0.6 is 15.9 Å². The van der Waals surface area contributed by atoms with Crippen molar-refractivity contribution in [2.24, 2.45) is 0 Å². The van der Waals surface area contributed by atoms with Crippen LogP contribution in [0.25, 0.3) is 10.9 Å². The summed E-state index contributed by atoms with van der Waals surface area (Å²) in [6.07, 6.45) is 6.06. The van der Waals surface area contributed by atoms with Crippen molar-refractivity contribution in [3.63, 3.8) is 0 Å². The summed E-state index contributed by atoms with van der Waals surface area (Å²) in [6.45, 7) is 0. The Morgan fingerprint density at radius 3 is 2.80 bits per heavy atom. The largest absolute Gasteiger partial charge is 0.313 e. The molecule has 0 unspecified atom stereocenters. The zero-order valence-electron chi connectivity index (χ0n) is 11.3. The SMILES string of the molecule is CN1C(=O)C2(CCCC2)c2c1cnc1ccc(Br)cc21. The third kappa shape index (κ3) is 1.40. The van der Waals surface area contributed by atoms with Gasteiger partial charge >= 0.3 is 0 Å². The number of amides is 1. The van der Waals surface area contributed by atoms with Gasteiger partial charge in [-0.1, -0.05) is 28.8 Å². The molecule has 2 heterocycles. The molecule has 2 aliphatic rings. The molecule has 0 saturated heterocycles. The number of aromatic nitrogens is 1. The maximum atomic E-state index is 12.8. The van der Waals surface area contributed by atoms with Crippen LogP contribution in [0.5, 0.6) is 0 Å². The fourth-order valence-electron chi connectivity index (χ4n) is 3.89. The highest BCUT2D eigenvalue weighted by molar-refractivity contribution is 9.10. The molecule has 2 aromatic rings. The van der Waals surface area contributed by atoms with E-state index in [1.165, 1.54) is 5.56 Å². The van der Waals surface area contributed by atoms with Crippen LogP contribution < -0.4 is 4.90 Å². The lowest BCUT2D eigenvalue weighted by Crippen LogP contribution is -2.36.